The molecule has 3 aromatic rings. The predicted octanol–water partition coefficient (Wildman–Crippen LogP) is 4.17. The summed E-state index contributed by atoms with van der Waals surface area (Å²) in [7, 11) is -2.14. The summed E-state index contributed by atoms with van der Waals surface area (Å²) in [6.07, 6.45) is 0. The lowest BCUT2D eigenvalue weighted by atomic mass is 10.1. The molecule has 0 aliphatic carbocycles. The smallest absolute Gasteiger partial charge is 0.264 e. The lowest BCUT2D eigenvalue weighted by molar-refractivity contribution is 0.0752. The number of hydrogen-bond donors (Lipinski definition) is 0. The molecule has 3 rings (SSSR count). The zero-order valence-electron chi connectivity index (χ0n) is 16.5. The van der Waals surface area contributed by atoms with Gasteiger partial charge in [-0.3, -0.25) is 9.10 Å². The second kappa shape index (κ2) is 8.92. The van der Waals surface area contributed by atoms with Gasteiger partial charge in [-0.2, -0.15) is 0 Å². The topological polar surface area (TPSA) is 57.7 Å². The summed E-state index contributed by atoms with van der Waals surface area (Å²) in [6.45, 7) is 3.05. The molecule has 0 fully saturated rings. The van der Waals surface area contributed by atoms with E-state index in [1.807, 2.05) is 37.3 Å². The minimum Gasteiger partial charge on any atom is -0.335 e. The standard InChI is InChI=1S/C23H24N2O3S/c1-3-25(18-19-10-6-4-7-11-19)23(26)20-14-16-21(17-15-20)24(2)29(27,28)22-12-8-5-9-13-22/h4-17H,3,18H2,1-2H3. The molecule has 29 heavy (non-hydrogen) atoms. The molecule has 6 heteroatoms. The third-order valence-electron chi connectivity index (χ3n) is 4.76. The van der Waals surface area contributed by atoms with Gasteiger partial charge in [-0.05, 0) is 48.9 Å². The van der Waals surface area contributed by atoms with Crippen LogP contribution in [0.5, 0.6) is 0 Å². The minimum absolute atomic E-state index is 0.0866. The highest BCUT2D eigenvalue weighted by molar-refractivity contribution is 7.92. The molecule has 3 aromatic carbocycles. The van der Waals surface area contributed by atoms with Gasteiger partial charge in [0.25, 0.3) is 15.9 Å². The van der Waals surface area contributed by atoms with E-state index in [0.29, 0.717) is 24.3 Å². The highest BCUT2D eigenvalue weighted by atomic mass is 32.2. The molecule has 0 unspecified atom stereocenters. The maximum absolute atomic E-state index is 12.9. The third-order valence-corrected chi connectivity index (χ3v) is 6.56. The average molecular weight is 409 g/mol. The van der Waals surface area contributed by atoms with E-state index in [2.05, 4.69) is 0 Å². The van der Waals surface area contributed by atoms with Crippen LogP contribution in [0.2, 0.25) is 0 Å². The fraction of sp³-hybridized carbons (Fsp3) is 0.174. The molecule has 0 radical (unpaired) electrons. The molecule has 1 amide bonds. The SMILES string of the molecule is CCN(Cc1ccccc1)C(=O)c1ccc(N(C)S(=O)(=O)c2ccccc2)cc1. The molecule has 0 spiro atoms. The molecule has 0 N–H and O–H groups in total. The van der Waals surface area contributed by atoms with Crippen molar-refractivity contribution in [3.05, 3.63) is 96.1 Å². The summed E-state index contributed by atoms with van der Waals surface area (Å²) in [5.41, 5.74) is 2.08. The molecular formula is C23H24N2O3S. The van der Waals surface area contributed by atoms with Crippen molar-refractivity contribution in [3.63, 3.8) is 0 Å². The van der Waals surface area contributed by atoms with Crippen LogP contribution in [0.1, 0.15) is 22.8 Å². The Balaban J connectivity index is 1.77. The minimum atomic E-state index is -3.65. The van der Waals surface area contributed by atoms with E-state index in [4.69, 9.17) is 0 Å². The molecule has 5 nitrogen and oxygen atoms in total. The molecule has 0 bridgehead atoms. The van der Waals surface area contributed by atoms with Gasteiger partial charge in [0.1, 0.15) is 0 Å². The maximum atomic E-state index is 12.9. The average Bonchev–Trinajstić information content (AvgIpc) is 2.78. The number of carbonyl (C=O) groups excluding carboxylic acids is 1. The monoisotopic (exact) mass is 408 g/mol. The van der Waals surface area contributed by atoms with E-state index in [1.165, 1.54) is 11.4 Å². The van der Waals surface area contributed by atoms with Gasteiger partial charge < -0.3 is 4.90 Å². The number of anilines is 1. The highest BCUT2D eigenvalue weighted by Gasteiger charge is 2.21. The second-order valence-electron chi connectivity index (χ2n) is 6.64. The van der Waals surface area contributed by atoms with Crippen LogP contribution >= 0.6 is 0 Å². The van der Waals surface area contributed by atoms with Gasteiger partial charge in [-0.25, -0.2) is 8.42 Å². The zero-order chi connectivity index (χ0) is 20.9. The normalized spacial score (nSPS) is 11.1. The number of nitrogens with zero attached hydrogens (tertiary/aromatic N) is 2. The quantitative estimate of drug-likeness (QED) is 0.589. The van der Waals surface area contributed by atoms with Crippen molar-refractivity contribution in [3.8, 4) is 0 Å². The van der Waals surface area contributed by atoms with Gasteiger partial charge in [0, 0.05) is 25.7 Å². The predicted molar refractivity (Wildman–Crippen MR) is 115 cm³/mol. The Morgan fingerprint density at radius 2 is 1.38 bits per heavy atom. The van der Waals surface area contributed by atoms with E-state index < -0.39 is 10.0 Å². The van der Waals surface area contributed by atoms with Gasteiger partial charge in [0.05, 0.1) is 10.6 Å². The van der Waals surface area contributed by atoms with Crippen LogP contribution in [0, 0.1) is 0 Å². The van der Waals surface area contributed by atoms with Crippen molar-refractivity contribution in [2.45, 2.75) is 18.4 Å². The first-order valence-corrected chi connectivity index (χ1v) is 10.8. The Hall–Kier alpha value is -3.12. The summed E-state index contributed by atoms with van der Waals surface area (Å²) >= 11 is 0. The van der Waals surface area contributed by atoms with Crippen LogP contribution in [0.15, 0.2) is 89.8 Å². The van der Waals surface area contributed by atoms with Crippen molar-refractivity contribution < 1.29 is 13.2 Å². The lowest BCUT2D eigenvalue weighted by Crippen LogP contribution is -2.30. The Bertz CT molecular complexity index is 1050. The van der Waals surface area contributed by atoms with Gasteiger partial charge in [-0.15, -0.1) is 0 Å². The van der Waals surface area contributed by atoms with Crippen molar-refractivity contribution in [2.75, 3.05) is 17.9 Å². The van der Waals surface area contributed by atoms with E-state index in [0.717, 1.165) is 5.56 Å². The zero-order valence-corrected chi connectivity index (χ0v) is 17.3. The second-order valence-corrected chi connectivity index (χ2v) is 8.61. The van der Waals surface area contributed by atoms with Crippen LogP contribution in [0.4, 0.5) is 5.69 Å². The number of rotatable bonds is 7. The van der Waals surface area contributed by atoms with Crippen LogP contribution in [0.3, 0.4) is 0 Å². The Morgan fingerprint density at radius 3 is 1.93 bits per heavy atom. The first-order chi connectivity index (χ1) is 13.9. The summed E-state index contributed by atoms with van der Waals surface area (Å²) in [5.74, 6) is -0.0866. The largest absolute Gasteiger partial charge is 0.335 e. The lowest BCUT2D eigenvalue weighted by Gasteiger charge is -2.22. The number of carbonyl (C=O) groups is 1. The summed E-state index contributed by atoms with van der Waals surface area (Å²) in [6, 6.07) is 24.7. The summed E-state index contributed by atoms with van der Waals surface area (Å²) in [5, 5.41) is 0. The summed E-state index contributed by atoms with van der Waals surface area (Å²) < 4.78 is 26.7. The Morgan fingerprint density at radius 1 is 0.828 bits per heavy atom. The van der Waals surface area contributed by atoms with E-state index in [1.54, 1.807) is 59.5 Å². The Kier molecular flexibility index (Phi) is 6.34. The van der Waals surface area contributed by atoms with Gasteiger partial charge in [0.15, 0.2) is 0 Å². The number of benzene rings is 3. The van der Waals surface area contributed by atoms with Gasteiger partial charge in [0.2, 0.25) is 0 Å². The molecule has 0 aliphatic heterocycles. The molecule has 0 saturated carbocycles. The van der Waals surface area contributed by atoms with Crippen LogP contribution in [-0.4, -0.2) is 32.8 Å². The molecule has 0 saturated heterocycles. The van der Waals surface area contributed by atoms with Crippen molar-refractivity contribution in [1.29, 1.82) is 0 Å². The number of amides is 1. The van der Waals surface area contributed by atoms with Gasteiger partial charge >= 0.3 is 0 Å². The van der Waals surface area contributed by atoms with E-state index >= 15 is 0 Å². The fourth-order valence-corrected chi connectivity index (χ4v) is 4.23. The van der Waals surface area contributed by atoms with Crippen LogP contribution in [0.25, 0.3) is 0 Å². The number of hydrogen-bond acceptors (Lipinski definition) is 3. The van der Waals surface area contributed by atoms with E-state index in [9.17, 15) is 13.2 Å². The van der Waals surface area contributed by atoms with Crippen LogP contribution in [-0.2, 0) is 16.6 Å². The number of sulfonamides is 1. The van der Waals surface area contributed by atoms with E-state index in [-0.39, 0.29) is 10.8 Å². The third kappa shape index (κ3) is 4.66. The first-order valence-electron chi connectivity index (χ1n) is 9.40. The van der Waals surface area contributed by atoms with Crippen molar-refractivity contribution in [1.82, 2.24) is 4.90 Å². The summed E-state index contributed by atoms with van der Waals surface area (Å²) in [4.78, 5) is 14.9. The molecule has 0 atom stereocenters. The molecular weight excluding hydrogens is 384 g/mol. The molecule has 0 aliphatic rings. The Labute approximate surface area is 172 Å². The van der Waals surface area contributed by atoms with Crippen molar-refractivity contribution >= 4 is 21.6 Å². The molecule has 150 valence electrons. The van der Waals surface area contributed by atoms with Crippen LogP contribution < -0.4 is 4.31 Å². The first kappa shape index (κ1) is 20.6. The molecule has 0 heterocycles. The maximum Gasteiger partial charge on any atom is 0.264 e. The van der Waals surface area contributed by atoms with Crippen molar-refractivity contribution in [2.24, 2.45) is 0 Å². The molecule has 0 aromatic heterocycles. The highest BCUT2D eigenvalue weighted by Crippen LogP contribution is 2.23. The fourth-order valence-electron chi connectivity index (χ4n) is 3.02. The van der Waals surface area contributed by atoms with Gasteiger partial charge in [-0.1, -0.05) is 48.5 Å².